The van der Waals surface area contributed by atoms with Crippen molar-refractivity contribution in [2.24, 2.45) is 0 Å². The SMILES string of the molecule is O=[N+]([O-])Nc1ccccc1.O=[N+]([O-])c1ccc([N+](=O)[O-])cc1. The number of anilines is 1. The van der Waals surface area contributed by atoms with E-state index >= 15 is 0 Å². The fourth-order valence-corrected chi connectivity index (χ4v) is 1.31. The summed E-state index contributed by atoms with van der Waals surface area (Å²) in [5, 5.41) is 29.5. The van der Waals surface area contributed by atoms with E-state index in [4.69, 9.17) is 0 Å². The van der Waals surface area contributed by atoms with Crippen molar-refractivity contribution in [3.63, 3.8) is 0 Å². The van der Waals surface area contributed by atoms with E-state index in [1.807, 2.05) is 5.43 Å². The van der Waals surface area contributed by atoms with E-state index in [-0.39, 0.29) is 11.4 Å². The highest BCUT2D eigenvalue weighted by atomic mass is 16.7. The Morgan fingerprint density at radius 3 is 1.41 bits per heavy atom. The molecule has 0 saturated carbocycles. The molecule has 0 amide bonds. The number of benzene rings is 2. The van der Waals surface area contributed by atoms with E-state index in [0.29, 0.717) is 5.69 Å². The maximum absolute atomic E-state index is 10.1. The summed E-state index contributed by atoms with van der Waals surface area (Å²) >= 11 is 0. The summed E-state index contributed by atoms with van der Waals surface area (Å²) in [6, 6.07) is 12.9. The highest BCUT2D eigenvalue weighted by Gasteiger charge is 2.08. The van der Waals surface area contributed by atoms with Gasteiger partial charge < -0.3 is 0 Å². The van der Waals surface area contributed by atoms with Gasteiger partial charge in [-0.2, -0.15) is 0 Å². The molecular weight excluding hydrogens is 296 g/mol. The molecule has 0 heterocycles. The Balaban J connectivity index is 0.000000224. The molecule has 0 aliphatic rings. The molecule has 0 spiro atoms. The van der Waals surface area contributed by atoms with Crippen LogP contribution in [0.1, 0.15) is 0 Å². The average molecular weight is 306 g/mol. The molecule has 22 heavy (non-hydrogen) atoms. The van der Waals surface area contributed by atoms with Gasteiger partial charge in [-0.1, -0.05) is 18.2 Å². The van der Waals surface area contributed by atoms with Gasteiger partial charge in [-0.05, 0) is 12.1 Å². The van der Waals surface area contributed by atoms with Crippen molar-refractivity contribution in [3.05, 3.63) is 84.9 Å². The summed E-state index contributed by atoms with van der Waals surface area (Å²) < 4.78 is 0. The first-order valence-electron chi connectivity index (χ1n) is 5.75. The highest BCUT2D eigenvalue weighted by molar-refractivity contribution is 5.40. The van der Waals surface area contributed by atoms with Crippen LogP contribution in [0.2, 0.25) is 0 Å². The minimum atomic E-state index is -0.607. The summed E-state index contributed by atoms with van der Waals surface area (Å²) in [5.74, 6) is 0. The Labute approximate surface area is 123 Å². The number of nitrogens with one attached hydrogen (secondary N) is 1. The largest absolute Gasteiger partial charge is 0.269 e. The summed E-state index contributed by atoms with van der Waals surface area (Å²) in [5.41, 5.74) is 2.22. The van der Waals surface area contributed by atoms with E-state index in [9.17, 15) is 30.3 Å². The molecule has 2 aromatic rings. The van der Waals surface area contributed by atoms with Gasteiger partial charge in [-0.25, -0.2) is 10.1 Å². The van der Waals surface area contributed by atoms with Crippen molar-refractivity contribution >= 4 is 17.1 Å². The lowest BCUT2D eigenvalue weighted by atomic mass is 10.3. The molecule has 2 rings (SSSR count). The lowest BCUT2D eigenvalue weighted by molar-refractivity contribution is -0.445. The van der Waals surface area contributed by atoms with Gasteiger partial charge in [0.05, 0.1) is 9.85 Å². The van der Waals surface area contributed by atoms with Crippen molar-refractivity contribution in [3.8, 4) is 0 Å². The van der Waals surface area contributed by atoms with Crippen LogP contribution in [0.5, 0.6) is 0 Å². The summed E-state index contributed by atoms with van der Waals surface area (Å²) in [4.78, 5) is 28.9. The zero-order valence-electron chi connectivity index (χ0n) is 11.0. The molecule has 0 fully saturated rings. The molecule has 0 aliphatic carbocycles. The number of rotatable bonds is 4. The Morgan fingerprint density at radius 2 is 1.09 bits per heavy atom. The molecule has 0 atom stereocenters. The first-order valence-corrected chi connectivity index (χ1v) is 5.75. The van der Waals surface area contributed by atoms with Crippen LogP contribution in [0.4, 0.5) is 17.1 Å². The normalized spacial score (nSPS) is 9.09. The fourth-order valence-electron chi connectivity index (χ4n) is 1.31. The maximum atomic E-state index is 10.1. The van der Waals surface area contributed by atoms with Crippen LogP contribution in [0.25, 0.3) is 0 Å². The third kappa shape index (κ3) is 5.61. The maximum Gasteiger partial charge on any atom is 0.269 e. The van der Waals surface area contributed by atoms with Crippen LogP contribution in [0.3, 0.4) is 0 Å². The van der Waals surface area contributed by atoms with Crippen LogP contribution in [0.15, 0.2) is 54.6 Å². The van der Waals surface area contributed by atoms with Crippen molar-refractivity contribution in [1.82, 2.24) is 0 Å². The second-order valence-corrected chi connectivity index (χ2v) is 3.77. The van der Waals surface area contributed by atoms with Gasteiger partial charge in [0.15, 0.2) is 5.03 Å². The smallest absolute Gasteiger partial charge is 0.258 e. The minimum absolute atomic E-state index is 0.152. The third-order valence-electron chi connectivity index (χ3n) is 2.27. The lowest BCUT2D eigenvalue weighted by Crippen LogP contribution is -2.06. The van der Waals surface area contributed by atoms with Crippen LogP contribution < -0.4 is 5.43 Å². The molecule has 0 unspecified atom stereocenters. The number of para-hydroxylation sites is 1. The zero-order valence-corrected chi connectivity index (χ0v) is 11.0. The summed E-state index contributed by atoms with van der Waals surface area (Å²) in [7, 11) is 0. The van der Waals surface area contributed by atoms with Crippen molar-refractivity contribution in [2.45, 2.75) is 0 Å². The number of hydrogen-bond donors (Lipinski definition) is 1. The van der Waals surface area contributed by atoms with Gasteiger partial charge in [0.25, 0.3) is 11.4 Å². The molecule has 0 aliphatic heterocycles. The van der Waals surface area contributed by atoms with E-state index in [0.717, 1.165) is 24.3 Å². The lowest BCUT2D eigenvalue weighted by Gasteiger charge is -1.93. The van der Waals surface area contributed by atoms with Crippen LogP contribution >= 0.6 is 0 Å². The first kappa shape index (κ1) is 16.5. The highest BCUT2D eigenvalue weighted by Crippen LogP contribution is 2.16. The predicted octanol–water partition coefficient (Wildman–Crippen LogP) is 2.79. The summed E-state index contributed by atoms with van der Waals surface area (Å²) in [6.07, 6.45) is 0. The van der Waals surface area contributed by atoms with Gasteiger partial charge in [0, 0.05) is 24.3 Å². The molecule has 10 heteroatoms. The number of nitro benzene ring substituents is 2. The Bertz CT molecular complexity index is 626. The zero-order chi connectivity index (χ0) is 16.5. The number of nitrogens with zero attached hydrogens (tertiary/aromatic N) is 3. The van der Waals surface area contributed by atoms with Crippen LogP contribution in [-0.4, -0.2) is 14.9 Å². The van der Waals surface area contributed by atoms with Crippen molar-refractivity contribution in [2.75, 3.05) is 5.43 Å². The summed E-state index contributed by atoms with van der Waals surface area (Å²) in [6.45, 7) is 0. The molecule has 2 aromatic carbocycles. The Kier molecular flexibility index (Phi) is 5.92. The molecule has 0 aromatic heterocycles. The van der Waals surface area contributed by atoms with Gasteiger partial charge in [0.2, 0.25) is 0 Å². The molecule has 0 saturated heterocycles. The molecule has 1 N–H and O–H groups in total. The molecule has 114 valence electrons. The number of nitro groups is 3. The van der Waals surface area contributed by atoms with Crippen molar-refractivity contribution in [1.29, 1.82) is 0 Å². The molecule has 0 radical (unpaired) electrons. The second-order valence-electron chi connectivity index (χ2n) is 3.77. The number of non-ortho nitro benzene ring substituents is 2. The van der Waals surface area contributed by atoms with E-state index in [1.54, 1.807) is 30.3 Å². The minimum Gasteiger partial charge on any atom is -0.258 e. The molecular formula is C12H10N4O6. The van der Waals surface area contributed by atoms with Gasteiger partial charge in [-0.3, -0.25) is 20.2 Å². The van der Waals surface area contributed by atoms with E-state index in [2.05, 4.69) is 0 Å². The predicted molar refractivity (Wildman–Crippen MR) is 76.8 cm³/mol. The fraction of sp³-hybridized carbons (Fsp3) is 0. The molecule has 10 nitrogen and oxygen atoms in total. The average Bonchev–Trinajstić information content (AvgIpc) is 2.48. The van der Waals surface area contributed by atoms with E-state index in [1.165, 1.54) is 0 Å². The van der Waals surface area contributed by atoms with Gasteiger partial charge in [0.1, 0.15) is 5.69 Å². The van der Waals surface area contributed by atoms with Gasteiger partial charge in [-0.15, -0.1) is 5.43 Å². The quantitative estimate of drug-likeness (QED) is 0.675. The van der Waals surface area contributed by atoms with Crippen molar-refractivity contribution < 1.29 is 14.9 Å². The standard InChI is InChI=1S/C6H4N2O4.C6H6N2O2/c9-7(10)5-1-2-6(4-3-5)8(11)12;9-8(10)7-6-4-2-1-3-5-6/h1-4H;1-5,7H. The number of hydrazine groups is 1. The molecule has 0 bridgehead atoms. The van der Waals surface area contributed by atoms with Gasteiger partial charge >= 0.3 is 0 Å². The topological polar surface area (TPSA) is 141 Å². The second kappa shape index (κ2) is 7.89. The van der Waals surface area contributed by atoms with Crippen LogP contribution in [-0.2, 0) is 0 Å². The number of hydrogen-bond acceptors (Lipinski definition) is 6. The monoisotopic (exact) mass is 306 g/mol. The third-order valence-corrected chi connectivity index (χ3v) is 2.27. The Morgan fingerprint density at radius 1 is 0.682 bits per heavy atom. The van der Waals surface area contributed by atoms with E-state index < -0.39 is 14.9 Å². The first-order chi connectivity index (χ1) is 10.4. The Hall–Kier alpha value is -3.56. The van der Waals surface area contributed by atoms with Crippen LogP contribution in [0, 0.1) is 30.3 Å².